The maximum atomic E-state index is 12.9. The molecule has 0 radical (unpaired) electrons. The molecule has 1 amide bonds. The van der Waals surface area contributed by atoms with Crippen molar-refractivity contribution in [2.75, 3.05) is 20.6 Å². The number of carbonyl (C=O) groups excluding carboxylic acids is 1. The van der Waals surface area contributed by atoms with Gasteiger partial charge in [0.25, 0.3) is 5.91 Å². The molecule has 4 heteroatoms. The van der Waals surface area contributed by atoms with Crippen LogP contribution in [0.4, 0.5) is 0 Å². The second-order valence-electron chi connectivity index (χ2n) is 7.82. The van der Waals surface area contributed by atoms with Crippen LogP contribution < -0.4 is 4.90 Å². The van der Waals surface area contributed by atoms with Crippen molar-refractivity contribution in [2.45, 2.75) is 62.9 Å². The summed E-state index contributed by atoms with van der Waals surface area (Å²) in [4.78, 5) is 15.9. The van der Waals surface area contributed by atoms with Gasteiger partial charge in [0.2, 0.25) is 0 Å². The number of benzene rings is 1. The van der Waals surface area contributed by atoms with Gasteiger partial charge >= 0.3 is 0 Å². The number of hydrogen-bond acceptors (Lipinski definition) is 2. The Morgan fingerprint density at radius 3 is 2.72 bits per heavy atom. The largest absolute Gasteiger partial charge is 0.323 e. The van der Waals surface area contributed by atoms with Crippen LogP contribution in [0.2, 0.25) is 0 Å². The third-order valence-electron chi connectivity index (χ3n) is 6.30. The molecular weight excluding hydrogens is 310 g/mol. The van der Waals surface area contributed by atoms with Crippen molar-refractivity contribution in [3.8, 4) is 6.07 Å². The van der Waals surface area contributed by atoms with Crippen LogP contribution in [-0.4, -0.2) is 37.0 Å². The first-order chi connectivity index (χ1) is 12.1. The van der Waals surface area contributed by atoms with E-state index in [4.69, 9.17) is 0 Å². The van der Waals surface area contributed by atoms with E-state index < -0.39 is 5.54 Å². The van der Waals surface area contributed by atoms with Crippen LogP contribution in [0.1, 0.15) is 62.1 Å². The zero-order valence-electron chi connectivity index (χ0n) is 15.6. The molecule has 0 aliphatic heterocycles. The molecule has 1 aromatic carbocycles. The SMILES string of the molecule is CN(C(=O)C[NH+](C)[C@H]1CCCc2ccccc21)C1(C#N)CCCCC1. The van der Waals surface area contributed by atoms with E-state index in [9.17, 15) is 10.1 Å². The number of carbonyl (C=O) groups is 1. The van der Waals surface area contributed by atoms with E-state index in [1.165, 1.54) is 28.9 Å². The van der Waals surface area contributed by atoms with Crippen molar-refractivity contribution in [2.24, 2.45) is 0 Å². The number of quaternary nitrogens is 1. The Morgan fingerprint density at radius 2 is 2.00 bits per heavy atom. The summed E-state index contributed by atoms with van der Waals surface area (Å²) in [5.41, 5.74) is 2.24. The smallest absolute Gasteiger partial charge is 0.278 e. The molecular formula is C21H30N3O+. The lowest BCUT2D eigenvalue weighted by Crippen LogP contribution is -3.10. The highest BCUT2D eigenvalue weighted by atomic mass is 16.2. The molecule has 0 bridgehead atoms. The molecule has 2 aliphatic carbocycles. The van der Waals surface area contributed by atoms with Gasteiger partial charge in [-0.05, 0) is 31.2 Å². The van der Waals surface area contributed by atoms with Gasteiger partial charge in [0, 0.05) is 19.0 Å². The zero-order valence-corrected chi connectivity index (χ0v) is 15.6. The van der Waals surface area contributed by atoms with Crippen molar-refractivity contribution in [3.05, 3.63) is 35.4 Å². The minimum Gasteiger partial charge on any atom is -0.323 e. The summed E-state index contributed by atoms with van der Waals surface area (Å²) < 4.78 is 0. The second-order valence-corrected chi connectivity index (χ2v) is 7.82. The molecule has 2 aliphatic rings. The Kier molecular flexibility index (Phi) is 5.44. The third-order valence-corrected chi connectivity index (χ3v) is 6.30. The quantitative estimate of drug-likeness (QED) is 0.914. The van der Waals surface area contributed by atoms with Crippen LogP contribution in [0.15, 0.2) is 24.3 Å². The summed E-state index contributed by atoms with van der Waals surface area (Å²) in [5, 5.41) is 9.72. The van der Waals surface area contributed by atoms with Crippen molar-refractivity contribution in [1.82, 2.24) is 4.90 Å². The fourth-order valence-electron chi connectivity index (χ4n) is 4.64. The predicted octanol–water partition coefficient (Wildman–Crippen LogP) is 2.26. The Bertz CT molecular complexity index is 657. The first-order valence-electron chi connectivity index (χ1n) is 9.65. The average molecular weight is 340 g/mol. The highest BCUT2D eigenvalue weighted by Gasteiger charge is 2.40. The van der Waals surface area contributed by atoms with Crippen molar-refractivity contribution in [3.63, 3.8) is 0 Å². The number of amides is 1. The maximum Gasteiger partial charge on any atom is 0.278 e. The molecule has 1 unspecified atom stereocenters. The molecule has 0 saturated heterocycles. The summed E-state index contributed by atoms with van der Waals surface area (Å²) in [6.07, 6.45) is 8.36. The van der Waals surface area contributed by atoms with Crippen molar-refractivity contribution < 1.29 is 9.69 Å². The Balaban J connectivity index is 1.70. The summed E-state index contributed by atoms with van der Waals surface area (Å²) in [6, 6.07) is 11.5. The van der Waals surface area contributed by atoms with E-state index in [0.717, 1.165) is 38.5 Å². The summed E-state index contributed by atoms with van der Waals surface area (Å²) in [5.74, 6) is 0.101. The maximum absolute atomic E-state index is 12.9. The molecule has 4 nitrogen and oxygen atoms in total. The van der Waals surface area contributed by atoms with Crippen molar-refractivity contribution in [1.29, 1.82) is 5.26 Å². The number of nitriles is 1. The molecule has 1 N–H and O–H groups in total. The standard InChI is InChI=1S/C21H29N3O/c1-23(19-12-8-10-17-9-4-5-11-18(17)19)15-20(25)24(2)21(16-22)13-6-3-7-14-21/h4-5,9,11,19H,3,6-8,10,12-15H2,1-2H3/p+1/t19-/m0/s1. The Hall–Kier alpha value is -1.86. The van der Waals surface area contributed by atoms with E-state index in [1.807, 2.05) is 7.05 Å². The molecule has 0 heterocycles. The molecule has 0 aromatic heterocycles. The fraction of sp³-hybridized carbons (Fsp3) is 0.619. The molecule has 1 saturated carbocycles. The van der Waals surface area contributed by atoms with Gasteiger partial charge in [0.05, 0.1) is 13.1 Å². The number of nitrogens with one attached hydrogen (secondary N) is 1. The van der Waals surface area contributed by atoms with Gasteiger partial charge in [-0.1, -0.05) is 43.5 Å². The normalized spacial score (nSPS) is 23.2. The molecule has 3 rings (SSSR count). The van der Waals surface area contributed by atoms with Crippen LogP contribution >= 0.6 is 0 Å². The highest BCUT2D eigenvalue weighted by Crippen LogP contribution is 2.32. The molecule has 134 valence electrons. The number of rotatable bonds is 4. The fourth-order valence-corrected chi connectivity index (χ4v) is 4.64. The number of aryl methyl sites for hydroxylation is 1. The lowest BCUT2D eigenvalue weighted by Gasteiger charge is -2.39. The molecule has 2 atom stereocenters. The van der Waals surface area contributed by atoms with Crippen LogP contribution in [0.5, 0.6) is 0 Å². The Morgan fingerprint density at radius 1 is 1.28 bits per heavy atom. The molecule has 25 heavy (non-hydrogen) atoms. The summed E-state index contributed by atoms with van der Waals surface area (Å²) in [7, 11) is 3.96. The first kappa shape index (κ1) is 17.9. The van der Waals surface area contributed by atoms with Gasteiger partial charge in [0.1, 0.15) is 11.6 Å². The van der Waals surface area contributed by atoms with Gasteiger partial charge in [-0.25, -0.2) is 0 Å². The van der Waals surface area contributed by atoms with Gasteiger partial charge < -0.3 is 9.80 Å². The van der Waals surface area contributed by atoms with E-state index >= 15 is 0 Å². The van der Waals surface area contributed by atoms with Crippen LogP contribution in [0.25, 0.3) is 0 Å². The lowest BCUT2D eigenvalue weighted by molar-refractivity contribution is -0.905. The van der Waals surface area contributed by atoms with Gasteiger partial charge in [0.15, 0.2) is 6.54 Å². The third kappa shape index (κ3) is 3.57. The minimum atomic E-state index is -0.583. The number of nitrogens with zero attached hydrogens (tertiary/aromatic N) is 2. The summed E-state index contributed by atoms with van der Waals surface area (Å²) in [6.45, 7) is 0.457. The number of hydrogen-bond donors (Lipinski definition) is 1. The molecule has 0 spiro atoms. The van der Waals surface area contributed by atoms with E-state index in [1.54, 1.807) is 4.90 Å². The number of fused-ring (bicyclic) bond motifs is 1. The van der Waals surface area contributed by atoms with E-state index in [2.05, 4.69) is 37.4 Å². The van der Waals surface area contributed by atoms with Crippen molar-refractivity contribution >= 4 is 5.91 Å². The van der Waals surface area contributed by atoms with Crippen LogP contribution in [0, 0.1) is 11.3 Å². The lowest BCUT2D eigenvalue weighted by atomic mass is 9.81. The highest BCUT2D eigenvalue weighted by molar-refractivity contribution is 5.78. The topological polar surface area (TPSA) is 48.5 Å². The zero-order chi connectivity index (χ0) is 17.9. The average Bonchev–Trinajstić information content (AvgIpc) is 2.67. The van der Waals surface area contributed by atoms with Gasteiger partial charge in [-0.15, -0.1) is 0 Å². The van der Waals surface area contributed by atoms with E-state index in [-0.39, 0.29) is 5.91 Å². The minimum absolute atomic E-state index is 0.101. The molecule has 1 aromatic rings. The van der Waals surface area contributed by atoms with Gasteiger partial charge in [-0.3, -0.25) is 4.79 Å². The van der Waals surface area contributed by atoms with Crippen LogP contribution in [0.3, 0.4) is 0 Å². The predicted molar refractivity (Wildman–Crippen MR) is 98.1 cm³/mol. The molecule has 1 fully saturated rings. The first-order valence-corrected chi connectivity index (χ1v) is 9.65. The number of likely N-dealkylation sites (N-methyl/N-ethyl adjacent to an activating group) is 2. The monoisotopic (exact) mass is 340 g/mol. The van der Waals surface area contributed by atoms with Gasteiger partial charge in [-0.2, -0.15) is 5.26 Å². The Labute approximate surface area is 151 Å². The van der Waals surface area contributed by atoms with E-state index in [0.29, 0.717) is 12.6 Å². The van der Waals surface area contributed by atoms with Crippen LogP contribution in [-0.2, 0) is 11.2 Å². The summed E-state index contributed by atoms with van der Waals surface area (Å²) >= 11 is 0. The second kappa shape index (κ2) is 7.58.